The van der Waals surface area contributed by atoms with Gasteiger partial charge in [-0.2, -0.15) is 0 Å². The zero-order valence-electron chi connectivity index (χ0n) is 12.6. The van der Waals surface area contributed by atoms with E-state index in [1.165, 1.54) is 12.1 Å². The number of nitrogens with two attached hydrogens (primary N) is 1. The second kappa shape index (κ2) is 10.2. The number of unbranched alkanes of at least 4 members (excludes halogenated alkanes) is 3. The molecule has 1 amide bonds. The third-order valence-electron chi connectivity index (χ3n) is 3.08. The summed E-state index contributed by atoms with van der Waals surface area (Å²) in [5, 5.41) is 2.83. The molecule has 0 fully saturated rings. The van der Waals surface area contributed by atoms with Crippen LogP contribution in [-0.4, -0.2) is 25.1 Å². The largest absolute Gasteiger partial charge is 0.489 e. The van der Waals surface area contributed by atoms with Crippen LogP contribution in [0.4, 0.5) is 4.39 Å². The number of hydrogen-bond donors (Lipinski definition) is 2. The molecule has 118 valence electrons. The van der Waals surface area contributed by atoms with E-state index < -0.39 is 0 Å². The summed E-state index contributed by atoms with van der Waals surface area (Å²) in [7, 11) is 0. The monoisotopic (exact) mass is 296 g/mol. The molecule has 21 heavy (non-hydrogen) atoms. The van der Waals surface area contributed by atoms with Gasteiger partial charge in [0.25, 0.3) is 0 Å². The lowest BCUT2D eigenvalue weighted by molar-refractivity contribution is -0.121. The van der Waals surface area contributed by atoms with E-state index in [2.05, 4.69) is 5.32 Å². The van der Waals surface area contributed by atoms with Crippen molar-refractivity contribution in [1.82, 2.24) is 5.32 Å². The SMILES string of the molecule is CC(CNC(=O)CCCCCCN)Oc1cccc(F)c1. The van der Waals surface area contributed by atoms with E-state index in [0.29, 0.717) is 25.3 Å². The van der Waals surface area contributed by atoms with Gasteiger partial charge in [0.05, 0.1) is 6.54 Å². The van der Waals surface area contributed by atoms with Crippen LogP contribution in [0, 0.1) is 5.82 Å². The quantitative estimate of drug-likeness (QED) is 0.652. The lowest BCUT2D eigenvalue weighted by Crippen LogP contribution is -2.33. The summed E-state index contributed by atoms with van der Waals surface area (Å²) in [5.41, 5.74) is 5.41. The molecule has 0 aliphatic heterocycles. The molecular formula is C16H25FN2O2. The molecule has 3 N–H and O–H groups in total. The van der Waals surface area contributed by atoms with E-state index in [-0.39, 0.29) is 17.8 Å². The van der Waals surface area contributed by atoms with Crippen molar-refractivity contribution in [2.24, 2.45) is 5.73 Å². The van der Waals surface area contributed by atoms with Crippen LogP contribution in [0.25, 0.3) is 0 Å². The van der Waals surface area contributed by atoms with Gasteiger partial charge in [0.2, 0.25) is 5.91 Å². The van der Waals surface area contributed by atoms with E-state index in [0.717, 1.165) is 25.7 Å². The molecule has 0 bridgehead atoms. The van der Waals surface area contributed by atoms with Gasteiger partial charge in [-0.15, -0.1) is 0 Å². The summed E-state index contributed by atoms with van der Waals surface area (Å²) in [6.45, 7) is 2.96. The van der Waals surface area contributed by atoms with Gasteiger partial charge in [0.1, 0.15) is 17.7 Å². The Kier molecular flexibility index (Phi) is 8.43. The molecule has 0 spiro atoms. The fourth-order valence-corrected chi connectivity index (χ4v) is 1.94. The highest BCUT2D eigenvalue weighted by molar-refractivity contribution is 5.75. The van der Waals surface area contributed by atoms with Gasteiger partial charge in [0.15, 0.2) is 0 Å². The van der Waals surface area contributed by atoms with E-state index in [1.807, 2.05) is 6.92 Å². The van der Waals surface area contributed by atoms with Crippen molar-refractivity contribution in [2.75, 3.05) is 13.1 Å². The number of halogens is 1. The molecule has 4 nitrogen and oxygen atoms in total. The minimum absolute atomic E-state index is 0.0254. The van der Waals surface area contributed by atoms with Crippen LogP contribution in [0.1, 0.15) is 39.0 Å². The Hall–Kier alpha value is -1.62. The maximum Gasteiger partial charge on any atom is 0.220 e. The number of rotatable bonds is 10. The van der Waals surface area contributed by atoms with E-state index in [4.69, 9.17) is 10.5 Å². The van der Waals surface area contributed by atoms with Crippen molar-refractivity contribution >= 4 is 5.91 Å². The highest BCUT2D eigenvalue weighted by Gasteiger charge is 2.07. The molecule has 0 aliphatic carbocycles. The maximum atomic E-state index is 13.0. The topological polar surface area (TPSA) is 64.4 Å². The van der Waals surface area contributed by atoms with Crippen molar-refractivity contribution < 1.29 is 13.9 Å². The average molecular weight is 296 g/mol. The third-order valence-corrected chi connectivity index (χ3v) is 3.08. The minimum atomic E-state index is -0.332. The Morgan fingerprint density at radius 2 is 2.10 bits per heavy atom. The first-order valence-corrected chi connectivity index (χ1v) is 7.51. The van der Waals surface area contributed by atoms with Gasteiger partial charge in [-0.3, -0.25) is 4.79 Å². The zero-order chi connectivity index (χ0) is 15.5. The minimum Gasteiger partial charge on any atom is -0.489 e. The second-order valence-electron chi connectivity index (χ2n) is 5.14. The summed E-state index contributed by atoms with van der Waals surface area (Å²) in [4.78, 5) is 11.6. The van der Waals surface area contributed by atoms with E-state index in [1.54, 1.807) is 12.1 Å². The van der Waals surface area contributed by atoms with Crippen LogP contribution in [0.15, 0.2) is 24.3 Å². The predicted octanol–water partition coefficient (Wildman–Crippen LogP) is 2.62. The number of nitrogens with one attached hydrogen (secondary N) is 1. The molecule has 0 aliphatic rings. The standard InChI is InChI=1S/C16H25FN2O2/c1-13(21-15-8-6-7-14(17)11-15)12-19-16(20)9-4-2-3-5-10-18/h6-8,11,13H,2-5,9-10,12,18H2,1H3,(H,19,20). The lowest BCUT2D eigenvalue weighted by atomic mass is 10.1. The normalized spacial score (nSPS) is 12.0. The molecular weight excluding hydrogens is 271 g/mol. The summed E-state index contributed by atoms with van der Waals surface area (Å²) in [6.07, 6.45) is 4.32. The molecule has 1 aromatic rings. The summed E-state index contributed by atoms with van der Waals surface area (Å²) >= 11 is 0. The molecule has 0 heterocycles. The Morgan fingerprint density at radius 1 is 1.33 bits per heavy atom. The molecule has 1 unspecified atom stereocenters. The fraction of sp³-hybridized carbons (Fsp3) is 0.562. The summed E-state index contributed by atoms with van der Waals surface area (Å²) < 4.78 is 18.5. The summed E-state index contributed by atoms with van der Waals surface area (Å²) in [5.74, 6) is 0.164. The van der Waals surface area contributed by atoms with Gasteiger partial charge in [-0.1, -0.05) is 18.9 Å². The smallest absolute Gasteiger partial charge is 0.220 e. The maximum absolute atomic E-state index is 13.0. The number of benzene rings is 1. The molecule has 0 aromatic heterocycles. The molecule has 1 atom stereocenters. The van der Waals surface area contributed by atoms with Gasteiger partial charge in [-0.25, -0.2) is 4.39 Å². The Bertz CT molecular complexity index is 426. The highest BCUT2D eigenvalue weighted by Crippen LogP contribution is 2.13. The van der Waals surface area contributed by atoms with Gasteiger partial charge in [-0.05, 0) is 38.4 Å². The van der Waals surface area contributed by atoms with Crippen LogP contribution in [-0.2, 0) is 4.79 Å². The van der Waals surface area contributed by atoms with Gasteiger partial charge >= 0.3 is 0 Å². The van der Waals surface area contributed by atoms with Crippen LogP contribution in [0.3, 0.4) is 0 Å². The van der Waals surface area contributed by atoms with Crippen molar-refractivity contribution in [3.05, 3.63) is 30.1 Å². The predicted molar refractivity (Wildman–Crippen MR) is 81.6 cm³/mol. The van der Waals surface area contributed by atoms with E-state index in [9.17, 15) is 9.18 Å². The Morgan fingerprint density at radius 3 is 2.81 bits per heavy atom. The average Bonchev–Trinajstić information content (AvgIpc) is 2.45. The highest BCUT2D eigenvalue weighted by atomic mass is 19.1. The van der Waals surface area contributed by atoms with Crippen LogP contribution in [0.2, 0.25) is 0 Å². The number of ether oxygens (including phenoxy) is 1. The first kappa shape index (κ1) is 17.4. The number of hydrogen-bond acceptors (Lipinski definition) is 3. The fourth-order valence-electron chi connectivity index (χ4n) is 1.94. The number of carbonyl (C=O) groups excluding carboxylic acids is 1. The summed E-state index contributed by atoms with van der Waals surface area (Å²) in [6, 6.07) is 5.98. The van der Waals surface area contributed by atoms with E-state index >= 15 is 0 Å². The van der Waals surface area contributed by atoms with Crippen LogP contribution < -0.4 is 15.8 Å². The molecule has 1 rings (SSSR count). The first-order valence-electron chi connectivity index (χ1n) is 7.51. The molecule has 5 heteroatoms. The number of amides is 1. The van der Waals surface area contributed by atoms with Crippen molar-refractivity contribution in [3.8, 4) is 5.75 Å². The molecule has 0 saturated carbocycles. The van der Waals surface area contributed by atoms with Gasteiger partial charge in [0, 0.05) is 12.5 Å². The van der Waals surface area contributed by atoms with Crippen LogP contribution in [0.5, 0.6) is 5.75 Å². The molecule has 0 saturated heterocycles. The molecule has 0 radical (unpaired) electrons. The van der Waals surface area contributed by atoms with Crippen molar-refractivity contribution in [1.29, 1.82) is 0 Å². The Labute approximate surface area is 125 Å². The van der Waals surface area contributed by atoms with Crippen molar-refractivity contribution in [3.63, 3.8) is 0 Å². The lowest BCUT2D eigenvalue weighted by Gasteiger charge is -2.15. The molecule has 1 aromatic carbocycles. The number of carbonyl (C=O) groups is 1. The third kappa shape index (κ3) is 8.30. The second-order valence-corrected chi connectivity index (χ2v) is 5.14. The van der Waals surface area contributed by atoms with Crippen LogP contribution >= 0.6 is 0 Å². The Balaban J connectivity index is 2.14. The zero-order valence-corrected chi connectivity index (χ0v) is 12.6. The van der Waals surface area contributed by atoms with Crippen molar-refractivity contribution in [2.45, 2.75) is 45.1 Å². The first-order chi connectivity index (χ1) is 10.1. The van der Waals surface area contributed by atoms with Gasteiger partial charge < -0.3 is 15.8 Å².